The Morgan fingerprint density at radius 2 is 0.871 bits per heavy atom. The van der Waals surface area contributed by atoms with Gasteiger partial charge in [0.15, 0.2) is 0 Å². The molecule has 0 atom stereocenters. The molecule has 0 fully saturated rings. The van der Waals surface area contributed by atoms with Crippen LogP contribution in [0.25, 0.3) is 0 Å². The van der Waals surface area contributed by atoms with E-state index in [1.54, 1.807) is 23.5 Å². The first-order valence-corrected chi connectivity index (χ1v) is 10.7. The molecule has 2 aromatic carbocycles. The monoisotopic (exact) mass is 538 g/mol. The van der Waals surface area contributed by atoms with Gasteiger partial charge in [0.1, 0.15) is 0 Å². The molecule has 0 unspecified atom stereocenters. The topological polar surface area (TPSA) is 149 Å². The average Bonchev–Trinajstić information content (AvgIpc) is 3.34. The molecule has 4 N–H and O–H groups in total. The van der Waals surface area contributed by atoms with E-state index in [0.29, 0.717) is 0 Å². The first-order valence-electron chi connectivity index (χ1n) is 8.71. The summed E-state index contributed by atoms with van der Waals surface area (Å²) in [5.41, 5.74) is 1.36. The van der Waals surface area contributed by atoms with Crippen molar-refractivity contribution in [3.05, 3.63) is 57.6 Å². The van der Waals surface area contributed by atoms with Crippen molar-refractivity contribution in [3.63, 3.8) is 0 Å². The van der Waals surface area contributed by atoms with Gasteiger partial charge in [0, 0.05) is 47.5 Å². The minimum atomic E-state index is -1.19. The van der Waals surface area contributed by atoms with E-state index in [0.717, 1.165) is 45.3 Å². The van der Waals surface area contributed by atoms with Crippen LogP contribution in [0.3, 0.4) is 0 Å². The fourth-order valence-electron chi connectivity index (χ4n) is 3.16. The van der Waals surface area contributed by atoms with Crippen molar-refractivity contribution in [3.8, 4) is 0 Å². The summed E-state index contributed by atoms with van der Waals surface area (Å²) in [6.07, 6.45) is 1.61. The van der Waals surface area contributed by atoms with Crippen LogP contribution in [-0.2, 0) is 39.0 Å². The van der Waals surface area contributed by atoms with E-state index in [4.69, 9.17) is 20.4 Å². The Bertz CT molecular complexity index is 916. The van der Waals surface area contributed by atoms with Gasteiger partial charge < -0.3 is 20.4 Å². The summed E-state index contributed by atoms with van der Waals surface area (Å²) >= 11 is 3.13. The second-order valence-electron chi connectivity index (χ2n) is 6.43. The third-order valence-corrected chi connectivity index (χ3v) is 6.78. The maximum atomic E-state index is 10.9. The zero-order valence-corrected chi connectivity index (χ0v) is 20.0. The Balaban J connectivity index is 0.000000213. The van der Waals surface area contributed by atoms with Gasteiger partial charge in [0.25, 0.3) is 0 Å². The molecule has 11 heteroatoms. The van der Waals surface area contributed by atoms with Gasteiger partial charge in [0.05, 0.1) is 22.3 Å². The Kier molecular flexibility index (Phi) is 8.51. The fourth-order valence-corrected chi connectivity index (χ4v) is 5.34. The number of carbonyl (C=O) groups is 4. The van der Waals surface area contributed by atoms with Gasteiger partial charge in [-0.25, -0.2) is 19.2 Å². The van der Waals surface area contributed by atoms with Gasteiger partial charge in [-0.05, 0) is 48.2 Å². The molecule has 2 heterocycles. The third kappa shape index (κ3) is 5.58. The van der Waals surface area contributed by atoms with Gasteiger partial charge in [-0.2, -0.15) is 0 Å². The van der Waals surface area contributed by atoms with Crippen LogP contribution >= 0.6 is 23.5 Å². The third-order valence-electron chi connectivity index (χ3n) is 4.58. The van der Waals surface area contributed by atoms with Crippen molar-refractivity contribution in [2.24, 2.45) is 0 Å². The minimum absolute atomic E-state index is 0. The standard InChI is InChI=1S/2C10H8O4S.Zr/c2*11-9(12)6-3-5-1-2-15-8(5)4-7(6)10(13)14;/h2*3-4H,1-2H2,(H,11,12)(H,13,14);. The Morgan fingerprint density at radius 3 is 1.16 bits per heavy atom. The van der Waals surface area contributed by atoms with Crippen LogP contribution < -0.4 is 0 Å². The maximum absolute atomic E-state index is 10.9. The van der Waals surface area contributed by atoms with Crippen molar-refractivity contribution in [2.45, 2.75) is 22.6 Å². The average molecular weight is 540 g/mol. The summed E-state index contributed by atoms with van der Waals surface area (Å²) in [5, 5.41) is 35.5. The first kappa shape index (κ1) is 25.2. The largest absolute Gasteiger partial charge is 0.478 e. The molecule has 0 aliphatic carbocycles. The molecule has 2 aliphatic rings. The molecule has 0 radical (unpaired) electrons. The van der Waals surface area contributed by atoms with Crippen LogP contribution in [0, 0.1) is 0 Å². The molecule has 4 rings (SSSR count). The molecule has 8 nitrogen and oxygen atoms in total. The molecular formula is C20H16O8S2Zr. The number of hydrogen-bond acceptors (Lipinski definition) is 6. The van der Waals surface area contributed by atoms with Gasteiger partial charge in [-0.3, -0.25) is 0 Å². The number of carboxylic acids is 4. The van der Waals surface area contributed by atoms with E-state index in [9.17, 15) is 19.2 Å². The minimum Gasteiger partial charge on any atom is -0.478 e. The van der Waals surface area contributed by atoms with Crippen LogP contribution in [0.15, 0.2) is 34.1 Å². The molecule has 31 heavy (non-hydrogen) atoms. The number of thioether (sulfide) groups is 2. The van der Waals surface area contributed by atoms with E-state index in [1.807, 2.05) is 0 Å². The number of aryl methyl sites for hydroxylation is 2. The number of fused-ring (bicyclic) bond motifs is 2. The van der Waals surface area contributed by atoms with E-state index in [1.165, 1.54) is 24.3 Å². The molecule has 0 amide bonds. The summed E-state index contributed by atoms with van der Waals surface area (Å²) in [7, 11) is 0. The van der Waals surface area contributed by atoms with Crippen molar-refractivity contribution in [1.82, 2.24) is 0 Å². The first-order chi connectivity index (χ1) is 14.2. The van der Waals surface area contributed by atoms with Crippen molar-refractivity contribution < 1.29 is 65.8 Å². The molecule has 160 valence electrons. The van der Waals surface area contributed by atoms with Crippen LogP contribution in [0.1, 0.15) is 52.6 Å². The predicted molar refractivity (Wildman–Crippen MR) is 110 cm³/mol. The van der Waals surface area contributed by atoms with E-state index >= 15 is 0 Å². The zero-order chi connectivity index (χ0) is 22.0. The van der Waals surface area contributed by atoms with Crippen molar-refractivity contribution in [2.75, 3.05) is 11.5 Å². The van der Waals surface area contributed by atoms with Crippen molar-refractivity contribution in [1.29, 1.82) is 0 Å². The Hall–Kier alpha value is -2.10. The summed E-state index contributed by atoms with van der Waals surface area (Å²) in [4.78, 5) is 45.2. The summed E-state index contributed by atoms with van der Waals surface area (Å²) < 4.78 is 0. The van der Waals surface area contributed by atoms with Gasteiger partial charge in [-0.1, -0.05) is 0 Å². The molecule has 0 saturated carbocycles. The van der Waals surface area contributed by atoms with Gasteiger partial charge in [-0.15, -0.1) is 23.5 Å². The number of hydrogen-bond donors (Lipinski definition) is 4. The van der Waals surface area contributed by atoms with Gasteiger partial charge in [0.2, 0.25) is 0 Å². The summed E-state index contributed by atoms with van der Waals surface area (Å²) in [6.45, 7) is 0. The quantitative estimate of drug-likeness (QED) is 0.455. The molecular weight excluding hydrogens is 524 g/mol. The Morgan fingerprint density at radius 1 is 0.581 bits per heavy atom. The predicted octanol–water partition coefficient (Wildman–Crippen LogP) is 3.46. The molecule has 2 aliphatic heterocycles. The van der Waals surface area contributed by atoms with Gasteiger partial charge >= 0.3 is 23.9 Å². The smallest absolute Gasteiger partial charge is 0.336 e. The second kappa shape index (κ2) is 10.5. The number of rotatable bonds is 4. The van der Waals surface area contributed by atoms with E-state index in [-0.39, 0.29) is 48.5 Å². The number of benzene rings is 2. The number of aromatic carboxylic acids is 4. The molecule has 0 aromatic heterocycles. The van der Waals surface area contributed by atoms with Crippen LogP contribution in [-0.4, -0.2) is 55.8 Å². The molecule has 2 aromatic rings. The summed E-state index contributed by atoms with van der Waals surface area (Å²) in [6, 6.07) is 5.86. The van der Waals surface area contributed by atoms with E-state index < -0.39 is 23.9 Å². The maximum Gasteiger partial charge on any atom is 0.336 e. The number of carboxylic acid groups (broad SMARTS) is 4. The van der Waals surface area contributed by atoms with Crippen LogP contribution in [0.2, 0.25) is 0 Å². The van der Waals surface area contributed by atoms with E-state index in [2.05, 4.69) is 0 Å². The Labute approximate surface area is 204 Å². The normalized spacial score (nSPS) is 13.2. The molecule has 0 spiro atoms. The van der Waals surface area contributed by atoms with Crippen molar-refractivity contribution >= 4 is 47.4 Å². The summed E-state index contributed by atoms with van der Waals surface area (Å²) in [5.74, 6) is -2.99. The van der Waals surface area contributed by atoms with Crippen LogP contribution in [0.5, 0.6) is 0 Å². The SMILES string of the molecule is O=C(O)c1cc2c(cc1C(=O)O)SCC2.O=C(O)c1cc2c(cc1C(=O)O)SCC2.[Zr]. The zero-order valence-electron chi connectivity index (χ0n) is 15.9. The van der Waals surface area contributed by atoms with Crippen LogP contribution in [0.4, 0.5) is 0 Å². The second-order valence-corrected chi connectivity index (χ2v) is 8.70. The molecule has 0 saturated heterocycles. The fraction of sp³-hybridized carbons (Fsp3) is 0.200. The molecule has 0 bridgehead atoms.